The van der Waals surface area contributed by atoms with Crippen LogP contribution < -0.4 is 0 Å². The van der Waals surface area contributed by atoms with E-state index in [1.807, 2.05) is 0 Å². The van der Waals surface area contributed by atoms with Gasteiger partial charge in [-0.15, -0.1) is 0 Å². The van der Waals surface area contributed by atoms with E-state index in [0.717, 1.165) is 9.21 Å². The highest BCUT2D eigenvalue weighted by Gasteiger charge is 2.36. The molecule has 35 heavy (non-hydrogen) atoms. The van der Waals surface area contributed by atoms with Gasteiger partial charge in [-0.1, -0.05) is 12.1 Å². The molecule has 1 aliphatic rings. The van der Waals surface area contributed by atoms with E-state index in [-0.39, 0.29) is 4.90 Å². The zero-order valence-corrected chi connectivity index (χ0v) is 20.4. The number of carbonyl (C=O) groups is 3. The molecule has 2 heterocycles. The van der Waals surface area contributed by atoms with Gasteiger partial charge in [-0.2, -0.15) is 4.31 Å². The Balaban J connectivity index is 1.71. The smallest absolute Gasteiger partial charge is 0.419 e. The van der Waals surface area contributed by atoms with Crippen molar-refractivity contribution in [3.63, 3.8) is 0 Å². The summed E-state index contributed by atoms with van der Waals surface area (Å²) < 4.78 is 47.5. The first-order valence-electron chi connectivity index (χ1n) is 10.7. The fraction of sp³-hybridized carbons (Fsp3) is 0.292. The van der Waals surface area contributed by atoms with Crippen LogP contribution in [0.3, 0.4) is 0 Å². The topological polar surface area (TPSA) is 106 Å². The second kappa shape index (κ2) is 8.58. The third kappa shape index (κ3) is 4.69. The van der Waals surface area contributed by atoms with Gasteiger partial charge in [-0.3, -0.25) is 19.1 Å². The number of nitrogens with zero attached hydrogens (tertiary/aromatic N) is 3. The van der Waals surface area contributed by atoms with Crippen molar-refractivity contribution >= 4 is 38.8 Å². The van der Waals surface area contributed by atoms with E-state index in [4.69, 9.17) is 4.74 Å². The Kier molecular flexibility index (Phi) is 6.02. The quantitative estimate of drug-likeness (QED) is 0.510. The van der Waals surface area contributed by atoms with Crippen molar-refractivity contribution in [2.24, 2.45) is 0 Å². The molecule has 184 valence electrons. The van der Waals surface area contributed by atoms with Crippen LogP contribution in [0, 0.1) is 5.82 Å². The van der Waals surface area contributed by atoms with Crippen LogP contribution in [0.25, 0.3) is 22.0 Å². The van der Waals surface area contributed by atoms with Gasteiger partial charge in [-0.25, -0.2) is 17.6 Å². The maximum atomic E-state index is 14.0. The van der Waals surface area contributed by atoms with E-state index in [9.17, 15) is 27.2 Å². The highest BCUT2D eigenvalue weighted by molar-refractivity contribution is 7.89. The number of carbonyl (C=O) groups excluding carboxylic acids is 3. The number of piperazine rings is 1. The summed E-state index contributed by atoms with van der Waals surface area (Å²) in [6.45, 7) is 4.30. The number of hydrogen-bond donors (Lipinski definition) is 0. The summed E-state index contributed by atoms with van der Waals surface area (Å²) in [5.41, 5.74) is 0.692. The van der Waals surface area contributed by atoms with Crippen LogP contribution >= 0.6 is 0 Å². The maximum Gasteiger partial charge on any atom is 0.419 e. The number of benzene rings is 2. The number of ether oxygens (including phenoxy) is 1. The van der Waals surface area contributed by atoms with Gasteiger partial charge in [0, 0.05) is 24.2 Å². The molecule has 1 aromatic heterocycles. The Morgan fingerprint density at radius 1 is 1.00 bits per heavy atom. The second-order valence-corrected chi connectivity index (χ2v) is 11.1. The molecular formula is C24H24FN3O6S. The van der Waals surface area contributed by atoms with Crippen LogP contribution in [0.1, 0.15) is 20.8 Å². The molecule has 2 aromatic carbocycles. The standard InChI is InChI=1S/C24H24FN3O6S/c1-24(2,3)34-23(31)28-12-19(18-10-7-16(25)11-20(18)28)15-5-8-17(9-6-15)35(32,33)27-13-21(29)26(4)22(30)14-27/h5-12H,13-14H2,1-4H3. The number of hydrogen-bond acceptors (Lipinski definition) is 6. The minimum Gasteiger partial charge on any atom is -0.443 e. The van der Waals surface area contributed by atoms with Gasteiger partial charge >= 0.3 is 6.09 Å². The molecule has 1 fully saturated rings. The summed E-state index contributed by atoms with van der Waals surface area (Å²) in [5.74, 6) is -1.74. The Bertz CT molecular complexity index is 1440. The molecular weight excluding hydrogens is 477 g/mol. The summed E-state index contributed by atoms with van der Waals surface area (Å²) in [7, 11) is -2.78. The van der Waals surface area contributed by atoms with Gasteiger partial charge in [0.25, 0.3) is 0 Å². The van der Waals surface area contributed by atoms with Crippen LogP contribution in [0.4, 0.5) is 9.18 Å². The fourth-order valence-corrected chi connectivity index (χ4v) is 5.07. The lowest BCUT2D eigenvalue weighted by Gasteiger charge is -2.29. The predicted molar refractivity (Wildman–Crippen MR) is 125 cm³/mol. The van der Waals surface area contributed by atoms with Crippen molar-refractivity contribution in [1.82, 2.24) is 13.8 Å². The number of halogens is 1. The molecule has 4 rings (SSSR count). The summed E-state index contributed by atoms with van der Waals surface area (Å²) in [4.78, 5) is 37.5. The number of likely N-dealkylation sites (N-methyl/N-ethyl adjacent to an activating group) is 1. The van der Waals surface area contributed by atoms with Gasteiger partial charge in [0.15, 0.2) is 0 Å². The van der Waals surface area contributed by atoms with Crippen molar-refractivity contribution in [3.8, 4) is 11.1 Å². The van der Waals surface area contributed by atoms with E-state index in [1.165, 1.54) is 48.1 Å². The predicted octanol–water partition coefficient (Wildman–Crippen LogP) is 3.22. The molecule has 0 unspecified atom stereocenters. The third-order valence-electron chi connectivity index (χ3n) is 5.53. The fourth-order valence-electron chi connectivity index (χ4n) is 3.73. The number of sulfonamides is 1. The SMILES string of the molecule is CN1C(=O)CN(S(=O)(=O)c2ccc(-c3cn(C(=O)OC(C)(C)C)c4cc(F)ccc34)cc2)CC1=O. The van der Waals surface area contributed by atoms with Crippen molar-refractivity contribution in [3.05, 3.63) is 54.5 Å². The first kappa shape index (κ1) is 24.6. The Labute approximate surface area is 201 Å². The van der Waals surface area contributed by atoms with Crippen molar-refractivity contribution in [2.75, 3.05) is 20.1 Å². The molecule has 0 atom stereocenters. The average Bonchev–Trinajstić information content (AvgIpc) is 3.15. The minimum absolute atomic E-state index is 0.0895. The zero-order valence-electron chi connectivity index (χ0n) is 19.6. The lowest BCUT2D eigenvalue weighted by molar-refractivity contribution is -0.147. The molecule has 11 heteroatoms. The van der Waals surface area contributed by atoms with Gasteiger partial charge < -0.3 is 4.74 Å². The van der Waals surface area contributed by atoms with E-state index >= 15 is 0 Å². The molecule has 9 nitrogen and oxygen atoms in total. The molecule has 3 aromatic rings. The molecule has 0 bridgehead atoms. The summed E-state index contributed by atoms with van der Waals surface area (Å²) in [6.07, 6.45) is 0.836. The molecule has 1 saturated heterocycles. The van der Waals surface area contributed by atoms with Crippen molar-refractivity contribution < 1.29 is 31.9 Å². The normalized spacial score (nSPS) is 15.6. The van der Waals surface area contributed by atoms with E-state index in [0.29, 0.717) is 22.0 Å². The number of rotatable bonds is 3. The van der Waals surface area contributed by atoms with E-state index in [2.05, 4.69) is 0 Å². The summed E-state index contributed by atoms with van der Waals surface area (Å²) in [5, 5.41) is 0.572. The number of fused-ring (bicyclic) bond motifs is 1. The molecule has 0 radical (unpaired) electrons. The van der Waals surface area contributed by atoms with Crippen molar-refractivity contribution in [2.45, 2.75) is 31.3 Å². The van der Waals surface area contributed by atoms with Crippen molar-refractivity contribution in [1.29, 1.82) is 0 Å². The highest BCUT2D eigenvalue weighted by atomic mass is 32.2. The van der Waals surface area contributed by atoms with Gasteiger partial charge in [0.05, 0.1) is 23.5 Å². The lowest BCUT2D eigenvalue weighted by atomic mass is 10.1. The van der Waals surface area contributed by atoms with Crippen LogP contribution in [-0.2, 0) is 24.3 Å². The maximum absolute atomic E-state index is 14.0. The molecule has 0 aliphatic carbocycles. The number of imide groups is 1. The van der Waals surface area contributed by atoms with E-state index in [1.54, 1.807) is 32.9 Å². The molecule has 0 N–H and O–H groups in total. The molecule has 0 saturated carbocycles. The second-order valence-electron chi connectivity index (χ2n) is 9.20. The van der Waals surface area contributed by atoms with Crippen LogP contribution in [0.15, 0.2) is 53.6 Å². The monoisotopic (exact) mass is 501 g/mol. The van der Waals surface area contributed by atoms with Crippen LogP contribution in [0.2, 0.25) is 0 Å². The Hall–Kier alpha value is -3.57. The minimum atomic E-state index is -4.09. The van der Waals surface area contributed by atoms with Gasteiger partial charge in [0.1, 0.15) is 11.4 Å². The van der Waals surface area contributed by atoms with Gasteiger partial charge in [0.2, 0.25) is 21.8 Å². The van der Waals surface area contributed by atoms with Crippen LogP contribution in [-0.4, -0.2) is 65.8 Å². The third-order valence-corrected chi connectivity index (χ3v) is 7.34. The Morgan fingerprint density at radius 2 is 1.60 bits per heavy atom. The van der Waals surface area contributed by atoms with E-state index < -0.39 is 52.4 Å². The summed E-state index contributed by atoms with van der Waals surface area (Å²) in [6, 6.07) is 9.84. The number of aromatic nitrogens is 1. The average molecular weight is 502 g/mol. The largest absolute Gasteiger partial charge is 0.443 e. The molecule has 2 amide bonds. The zero-order chi connectivity index (χ0) is 25.7. The van der Waals surface area contributed by atoms with Crippen LogP contribution in [0.5, 0.6) is 0 Å². The summed E-state index contributed by atoms with van der Waals surface area (Å²) >= 11 is 0. The lowest BCUT2D eigenvalue weighted by Crippen LogP contribution is -2.53. The molecule has 1 aliphatic heterocycles. The highest BCUT2D eigenvalue weighted by Crippen LogP contribution is 2.33. The molecule has 0 spiro atoms. The first-order valence-corrected chi connectivity index (χ1v) is 12.2. The Morgan fingerprint density at radius 3 is 2.17 bits per heavy atom. The van der Waals surface area contributed by atoms with Gasteiger partial charge in [-0.05, 0) is 56.7 Å². The number of amides is 2. The first-order chi connectivity index (χ1) is 16.3.